The Kier molecular flexibility index (Phi) is 5.45. The van der Waals surface area contributed by atoms with Crippen LogP contribution in [0, 0.1) is 0 Å². The predicted molar refractivity (Wildman–Crippen MR) is 109 cm³/mol. The molecule has 2 aromatic heterocycles. The highest BCUT2D eigenvalue weighted by atomic mass is 16.5. The van der Waals surface area contributed by atoms with E-state index in [4.69, 9.17) is 16.2 Å². The van der Waals surface area contributed by atoms with Crippen molar-refractivity contribution in [1.29, 1.82) is 0 Å². The summed E-state index contributed by atoms with van der Waals surface area (Å²) in [5.41, 5.74) is 13.4. The maximum atomic E-state index is 12.5. The zero-order valence-corrected chi connectivity index (χ0v) is 15.8. The maximum absolute atomic E-state index is 12.5. The number of benzene rings is 1. The van der Waals surface area contributed by atoms with E-state index in [1.807, 2.05) is 30.3 Å². The minimum Gasteiger partial charge on any atom is -0.382 e. The van der Waals surface area contributed by atoms with Crippen LogP contribution in [-0.4, -0.2) is 70.1 Å². The number of anilines is 2. The summed E-state index contributed by atoms with van der Waals surface area (Å²) in [7, 11) is 0. The van der Waals surface area contributed by atoms with Crippen LogP contribution in [0.2, 0.25) is 0 Å². The third-order valence-electron chi connectivity index (χ3n) is 4.65. The molecule has 0 aliphatic carbocycles. The van der Waals surface area contributed by atoms with E-state index in [1.165, 1.54) is 0 Å². The van der Waals surface area contributed by atoms with Crippen LogP contribution < -0.4 is 16.8 Å². The van der Waals surface area contributed by atoms with E-state index in [9.17, 15) is 4.79 Å². The van der Waals surface area contributed by atoms with Crippen molar-refractivity contribution in [3.8, 4) is 11.4 Å². The average Bonchev–Trinajstić information content (AvgIpc) is 2.74. The first-order valence-electron chi connectivity index (χ1n) is 9.36. The van der Waals surface area contributed by atoms with Crippen molar-refractivity contribution >= 4 is 28.7 Å². The summed E-state index contributed by atoms with van der Waals surface area (Å²) in [6, 6.07) is 9.39. The second-order valence-electron chi connectivity index (χ2n) is 6.64. The molecule has 4 rings (SSSR count). The van der Waals surface area contributed by atoms with Crippen molar-refractivity contribution in [3.63, 3.8) is 0 Å². The summed E-state index contributed by atoms with van der Waals surface area (Å²) >= 11 is 0. The van der Waals surface area contributed by atoms with Crippen molar-refractivity contribution in [3.05, 3.63) is 36.0 Å². The molecular formula is C19H22N8O2. The van der Waals surface area contributed by atoms with Crippen molar-refractivity contribution in [2.75, 3.05) is 50.9 Å². The second-order valence-corrected chi connectivity index (χ2v) is 6.64. The number of aromatic nitrogens is 4. The monoisotopic (exact) mass is 394 g/mol. The predicted octanol–water partition coefficient (Wildman–Crippen LogP) is 0.313. The summed E-state index contributed by atoms with van der Waals surface area (Å²) < 4.78 is 5.31. The van der Waals surface area contributed by atoms with Gasteiger partial charge in [0.25, 0.3) is 5.91 Å². The number of nitrogens with zero attached hydrogens (tertiary/aromatic N) is 5. The summed E-state index contributed by atoms with van der Waals surface area (Å²) in [6.45, 7) is 4.32. The zero-order valence-electron chi connectivity index (χ0n) is 15.8. The minimum absolute atomic E-state index is 0.00140. The minimum atomic E-state index is -0.406. The Morgan fingerprint density at radius 1 is 1.03 bits per heavy atom. The van der Waals surface area contributed by atoms with Crippen LogP contribution >= 0.6 is 0 Å². The molecule has 29 heavy (non-hydrogen) atoms. The van der Waals surface area contributed by atoms with Gasteiger partial charge in [-0.2, -0.15) is 0 Å². The van der Waals surface area contributed by atoms with Gasteiger partial charge in [0.15, 0.2) is 34.3 Å². The fraction of sp³-hybridized carbons (Fsp3) is 0.316. The van der Waals surface area contributed by atoms with E-state index in [1.54, 1.807) is 0 Å². The number of ether oxygens (including phenoxy) is 1. The van der Waals surface area contributed by atoms with Gasteiger partial charge >= 0.3 is 0 Å². The molecular weight excluding hydrogens is 372 g/mol. The molecule has 3 heterocycles. The van der Waals surface area contributed by atoms with Crippen molar-refractivity contribution in [1.82, 2.24) is 30.2 Å². The van der Waals surface area contributed by atoms with Crippen LogP contribution in [0.25, 0.3) is 22.6 Å². The molecule has 10 nitrogen and oxygen atoms in total. The second kappa shape index (κ2) is 8.33. The molecule has 1 aliphatic heterocycles. The molecule has 1 amide bonds. The Morgan fingerprint density at radius 2 is 1.79 bits per heavy atom. The molecule has 1 saturated heterocycles. The smallest absolute Gasteiger partial charge is 0.273 e. The van der Waals surface area contributed by atoms with Gasteiger partial charge in [-0.05, 0) is 0 Å². The molecule has 150 valence electrons. The lowest BCUT2D eigenvalue weighted by Gasteiger charge is -2.26. The molecule has 1 aliphatic rings. The van der Waals surface area contributed by atoms with Gasteiger partial charge in [0, 0.05) is 31.7 Å². The molecule has 0 radical (unpaired) electrons. The first-order valence-corrected chi connectivity index (χ1v) is 9.36. The van der Waals surface area contributed by atoms with E-state index < -0.39 is 5.91 Å². The molecule has 0 atom stereocenters. The van der Waals surface area contributed by atoms with Gasteiger partial charge in [-0.25, -0.2) is 19.9 Å². The highest BCUT2D eigenvalue weighted by Gasteiger charge is 2.18. The molecule has 1 fully saturated rings. The Hall–Kier alpha value is -3.37. The number of carbonyl (C=O) groups is 1. The van der Waals surface area contributed by atoms with Gasteiger partial charge in [0.05, 0.1) is 13.2 Å². The van der Waals surface area contributed by atoms with Crippen LogP contribution in [-0.2, 0) is 4.74 Å². The van der Waals surface area contributed by atoms with Crippen LogP contribution in [0.4, 0.5) is 11.6 Å². The van der Waals surface area contributed by atoms with Crippen molar-refractivity contribution < 1.29 is 9.53 Å². The molecule has 0 unspecified atom stereocenters. The van der Waals surface area contributed by atoms with E-state index in [0.717, 1.165) is 25.2 Å². The lowest BCUT2D eigenvalue weighted by molar-refractivity contribution is 0.0383. The van der Waals surface area contributed by atoms with Gasteiger partial charge < -0.3 is 21.5 Å². The van der Waals surface area contributed by atoms with E-state index >= 15 is 0 Å². The number of morpholine rings is 1. The first kappa shape index (κ1) is 19.0. The van der Waals surface area contributed by atoms with Crippen molar-refractivity contribution in [2.45, 2.75) is 0 Å². The van der Waals surface area contributed by atoms with Crippen molar-refractivity contribution in [2.24, 2.45) is 0 Å². The Balaban J connectivity index is 1.53. The number of hydrogen-bond acceptors (Lipinski definition) is 9. The number of nitrogens with one attached hydrogen (secondary N) is 1. The van der Waals surface area contributed by atoms with Crippen LogP contribution in [0.5, 0.6) is 0 Å². The van der Waals surface area contributed by atoms with Gasteiger partial charge in [-0.3, -0.25) is 9.69 Å². The lowest BCUT2D eigenvalue weighted by atomic mass is 10.2. The van der Waals surface area contributed by atoms with Crippen LogP contribution in [0.3, 0.4) is 0 Å². The third kappa shape index (κ3) is 4.23. The lowest BCUT2D eigenvalue weighted by Crippen LogP contribution is -2.41. The largest absolute Gasteiger partial charge is 0.382 e. The van der Waals surface area contributed by atoms with Crippen LogP contribution in [0.15, 0.2) is 30.3 Å². The van der Waals surface area contributed by atoms with E-state index in [0.29, 0.717) is 25.6 Å². The molecule has 10 heteroatoms. The SMILES string of the molecule is Nc1nc2nc(-c3ccccc3)nc(N)c2nc1C(=O)NCCN1CCOCC1. The molecule has 3 aromatic rings. The van der Waals surface area contributed by atoms with Gasteiger partial charge in [0.2, 0.25) is 0 Å². The number of amides is 1. The fourth-order valence-electron chi connectivity index (χ4n) is 3.10. The number of nitrogen functional groups attached to an aromatic ring is 2. The molecule has 0 spiro atoms. The summed E-state index contributed by atoms with van der Waals surface area (Å²) in [5, 5.41) is 2.82. The third-order valence-corrected chi connectivity index (χ3v) is 4.65. The average molecular weight is 394 g/mol. The highest BCUT2D eigenvalue weighted by Crippen LogP contribution is 2.22. The topological polar surface area (TPSA) is 145 Å². The molecule has 5 N–H and O–H groups in total. The standard InChI is InChI=1S/C19H22N8O2/c20-15-13-18(26-17(24-15)12-4-2-1-3-5-12)25-16(21)14(23-13)19(28)22-6-7-27-8-10-29-11-9-27/h1-5H,6-11H2,(H,22,28)(H4,20,21,24,25,26). The maximum Gasteiger partial charge on any atom is 0.273 e. The number of carbonyl (C=O) groups excluding carboxylic acids is 1. The van der Waals surface area contributed by atoms with E-state index in [-0.39, 0.29) is 28.5 Å². The van der Waals surface area contributed by atoms with Gasteiger partial charge in [0.1, 0.15) is 0 Å². The highest BCUT2D eigenvalue weighted by molar-refractivity contribution is 5.99. The fourth-order valence-corrected chi connectivity index (χ4v) is 3.10. The number of hydrogen-bond donors (Lipinski definition) is 3. The summed E-state index contributed by atoms with van der Waals surface area (Å²) in [4.78, 5) is 32.0. The Bertz CT molecular complexity index is 1020. The number of rotatable bonds is 5. The molecule has 1 aromatic carbocycles. The Labute approximate surface area is 167 Å². The summed E-state index contributed by atoms with van der Waals surface area (Å²) in [5.74, 6) is 0.158. The first-order chi connectivity index (χ1) is 14.1. The quantitative estimate of drug-likeness (QED) is 0.556. The normalized spacial score (nSPS) is 14.8. The van der Waals surface area contributed by atoms with Gasteiger partial charge in [-0.15, -0.1) is 0 Å². The Morgan fingerprint density at radius 3 is 2.55 bits per heavy atom. The zero-order chi connectivity index (χ0) is 20.2. The number of fused-ring (bicyclic) bond motifs is 1. The van der Waals surface area contributed by atoms with Crippen LogP contribution in [0.1, 0.15) is 10.5 Å². The van der Waals surface area contributed by atoms with Gasteiger partial charge in [-0.1, -0.05) is 30.3 Å². The number of nitrogens with two attached hydrogens (primary N) is 2. The molecule has 0 saturated carbocycles. The summed E-state index contributed by atoms with van der Waals surface area (Å²) in [6.07, 6.45) is 0. The van der Waals surface area contributed by atoms with E-state index in [2.05, 4.69) is 30.2 Å². The molecule has 0 bridgehead atoms.